The minimum Gasteiger partial charge on any atom is -0.419 e. The van der Waals surface area contributed by atoms with Gasteiger partial charge in [0.1, 0.15) is 0 Å². The molecule has 1 heterocycles. The van der Waals surface area contributed by atoms with Gasteiger partial charge in [-0.3, -0.25) is 0 Å². The van der Waals surface area contributed by atoms with Crippen LogP contribution in [0.4, 0.5) is 0 Å². The Morgan fingerprint density at radius 2 is 2.11 bits per heavy atom. The number of hydrogen-bond acceptors (Lipinski definition) is 4. The van der Waals surface area contributed by atoms with Crippen LogP contribution >= 0.6 is 11.3 Å². The maximum absolute atomic E-state index is 10.1. The molecule has 0 unspecified atom stereocenters. The molecule has 0 atom stereocenters. The van der Waals surface area contributed by atoms with Gasteiger partial charge in [-0.15, -0.1) is 0 Å². The van der Waals surface area contributed by atoms with Gasteiger partial charge in [-0.05, 0) is 20.3 Å². The van der Waals surface area contributed by atoms with Crippen LogP contribution in [0.1, 0.15) is 0 Å². The average Bonchev–Trinajstić information content (AvgIpc) is 2.12. The Labute approximate surface area is 71.0 Å². The number of thiophene rings is 1. The van der Waals surface area contributed by atoms with E-state index in [2.05, 4.69) is 0 Å². The van der Waals surface area contributed by atoms with Gasteiger partial charge in [0.15, 0.2) is 0 Å². The Kier molecular flexibility index (Phi) is 4.24. The van der Waals surface area contributed by atoms with E-state index in [1.54, 1.807) is 17.5 Å². The molecule has 0 spiro atoms. The summed E-state index contributed by atoms with van der Waals surface area (Å²) >= 11 is 1.22. The Hall–Kier alpha value is 0.247. The molecule has 0 amide bonds. The molecule has 0 saturated heterocycles. The third-order valence-electron chi connectivity index (χ3n) is 0.659. The van der Waals surface area contributed by atoms with E-state index in [4.69, 9.17) is 0 Å². The molecule has 44 valence electrons. The van der Waals surface area contributed by atoms with Crippen molar-refractivity contribution >= 4 is 22.0 Å². The van der Waals surface area contributed by atoms with Crippen molar-refractivity contribution < 1.29 is 27.3 Å². The molecule has 2 nitrogen and oxygen atoms in total. The van der Waals surface area contributed by atoms with E-state index in [0.717, 1.165) is 0 Å². The van der Waals surface area contributed by atoms with Gasteiger partial charge in [-0.2, -0.15) is 11.3 Å². The van der Waals surface area contributed by atoms with Crippen LogP contribution in [-0.4, -0.2) is 0 Å². The molecule has 0 aliphatic heterocycles. The quantitative estimate of drug-likeness (QED) is 0.361. The van der Waals surface area contributed by atoms with E-state index < -0.39 is 10.7 Å². The fourth-order valence-electron chi connectivity index (χ4n) is 0.358. The smallest absolute Gasteiger partial charge is 0.419 e. The second kappa shape index (κ2) is 4.13. The maximum atomic E-state index is 10.1. The Morgan fingerprint density at radius 1 is 1.44 bits per heavy atom. The normalized spacial score (nSPS) is 9.00. The zero-order chi connectivity index (χ0) is 5.98. The molecule has 0 aromatic carbocycles. The summed E-state index contributed by atoms with van der Waals surface area (Å²) < 4.78 is 20.5. The topological polar surface area (TPSA) is 34.1 Å². The van der Waals surface area contributed by atoms with Gasteiger partial charge in [0, 0.05) is 0 Å². The fourth-order valence-corrected chi connectivity index (χ4v) is 1.48. The largest absolute Gasteiger partial charge is 1.00 e. The van der Waals surface area contributed by atoms with Crippen LogP contribution in [0.2, 0.25) is 0 Å². The molecule has 5 heteroatoms. The Bertz CT molecular complexity index is 219. The van der Waals surface area contributed by atoms with Gasteiger partial charge < -0.3 is 8.42 Å². The summed E-state index contributed by atoms with van der Waals surface area (Å²) in [5, 5.41) is 1.73. The Morgan fingerprint density at radius 3 is 2.33 bits per heavy atom. The van der Waals surface area contributed by atoms with Crippen LogP contribution < -0.4 is 18.9 Å². The molecule has 0 aliphatic rings. The summed E-state index contributed by atoms with van der Waals surface area (Å²) in [6.45, 7) is 0. The van der Waals surface area contributed by atoms with Crippen molar-refractivity contribution in [2.24, 2.45) is 0 Å². The number of rotatable bonds is 1. The number of hydrogen-bond donors (Lipinski definition) is 0. The first-order valence-corrected chi connectivity index (χ1v) is 3.89. The van der Waals surface area contributed by atoms with Gasteiger partial charge in [0.25, 0.3) is 0 Å². The second-order valence-electron chi connectivity index (χ2n) is 1.17. The molecule has 1 aromatic rings. The second-order valence-corrected chi connectivity index (χ2v) is 3.28. The zero-order valence-electron chi connectivity index (χ0n) is 4.87. The molecule has 9 heavy (non-hydrogen) atoms. The summed E-state index contributed by atoms with van der Waals surface area (Å²) in [5.41, 5.74) is 0. The first-order valence-electron chi connectivity index (χ1n) is 1.93. The zero-order valence-corrected chi connectivity index (χ0v) is 6.50. The molecule has 0 saturated carbocycles. The summed E-state index contributed by atoms with van der Waals surface area (Å²) in [6.07, 6.45) is 0. The van der Waals surface area contributed by atoms with Gasteiger partial charge in [-0.25, -0.2) is 0 Å². The van der Waals surface area contributed by atoms with Crippen LogP contribution in [0.5, 0.6) is 0 Å². The van der Waals surface area contributed by atoms with E-state index in [1.165, 1.54) is 11.3 Å². The third kappa shape index (κ3) is 2.54. The molecule has 0 fully saturated rings. The minimum atomic E-state index is -2.03. The fraction of sp³-hybridized carbons (Fsp3) is 0. The van der Waals surface area contributed by atoms with E-state index in [9.17, 15) is 8.42 Å². The first-order chi connectivity index (χ1) is 3.80. The predicted octanol–water partition coefficient (Wildman–Crippen LogP) is -1.58. The van der Waals surface area contributed by atoms with Crippen molar-refractivity contribution in [1.82, 2.24) is 0 Å². The van der Waals surface area contributed by atoms with Crippen molar-refractivity contribution in [2.75, 3.05) is 0 Å². The summed E-state index contributed by atoms with van der Waals surface area (Å²) in [6, 6.07) is 3.27. The summed E-state index contributed by atoms with van der Waals surface area (Å²) in [7, 11) is -2.03. The molecule has 0 radical (unpaired) electrons. The monoisotopic (exact) mass is 154 g/mol. The summed E-state index contributed by atoms with van der Waals surface area (Å²) in [4.78, 5) is 0. The predicted molar refractivity (Wildman–Crippen MR) is 31.3 cm³/mol. The molecule has 0 aliphatic carbocycles. The van der Waals surface area contributed by atoms with Crippen LogP contribution in [0, 0.1) is 0 Å². The molecular weight excluding hydrogens is 151 g/mol. The van der Waals surface area contributed by atoms with Crippen molar-refractivity contribution in [3.8, 4) is 0 Å². The maximum Gasteiger partial charge on any atom is 1.00 e. The molecule has 0 N–H and O–H groups in total. The van der Waals surface area contributed by atoms with Crippen LogP contribution in [0.15, 0.2) is 21.7 Å². The molecular formula is C4H3LiO2S2. The van der Waals surface area contributed by atoms with E-state index in [1.807, 2.05) is 0 Å². The first kappa shape index (κ1) is 9.25. The molecule has 0 bridgehead atoms. The summed E-state index contributed by atoms with van der Waals surface area (Å²) in [5.74, 6) is 0. The Balaban J connectivity index is 0.000000640. The van der Waals surface area contributed by atoms with Crippen molar-refractivity contribution in [1.29, 1.82) is 0 Å². The van der Waals surface area contributed by atoms with Crippen molar-refractivity contribution in [3.63, 3.8) is 0 Å². The van der Waals surface area contributed by atoms with Crippen LogP contribution in [0.25, 0.3) is 0 Å². The van der Waals surface area contributed by atoms with Gasteiger partial charge in [-0.1, -0.05) is 12.1 Å². The van der Waals surface area contributed by atoms with Gasteiger partial charge in [0.05, 0.1) is 0 Å². The molecule has 1 aromatic heterocycles. The van der Waals surface area contributed by atoms with Gasteiger partial charge >= 0.3 is 18.9 Å². The standard InChI is InChI=1S/C4H3O2S2.Li/c5-8(6)4-2-1-3-7-4;/h1-3H;/q-1;+1. The van der Waals surface area contributed by atoms with Crippen molar-refractivity contribution in [3.05, 3.63) is 17.5 Å². The van der Waals surface area contributed by atoms with E-state index in [0.29, 0.717) is 4.21 Å². The van der Waals surface area contributed by atoms with Crippen molar-refractivity contribution in [2.45, 2.75) is 4.21 Å². The SMILES string of the molecule is O=[S-](=O)c1cccs1.[Li+]. The third-order valence-corrected chi connectivity index (χ3v) is 2.48. The minimum absolute atomic E-state index is 0. The van der Waals surface area contributed by atoms with E-state index >= 15 is 0 Å². The van der Waals surface area contributed by atoms with Crippen LogP contribution in [0.3, 0.4) is 0 Å². The average molecular weight is 154 g/mol. The molecule has 1 rings (SSSR count). The van der Waals surface area contributed by atoms with E-state index in [-0.39, 0.29) is 18.9 Å². The van der Waals surface area contributed by atoms with Crippen LogP contribution in [-0.2, 0) is 19.1 Å². The van der Waals surface area contributed by atoms with Gasteiger partial charge in [0.2, 0.25) is 0 Å².